The van der Waals surface area contributed by atoms with E-state index in [2.05, 4.69) is 15.2 Å². The Morgan fingerprint density at radius 2 is 1.80 bits per heavy atom. The number of rotatable bonds is 4. The van der Waals surface area contributed by atoms with Crippen LogP contribution in [0.4, 0.5) is 10.1 Å². The monoisotopic (exact) mass is 271 g/mol. The molecule has 0 saturated carbocycles. The van der Waals surface area contributed by atoms with Crippen LogP contribution in [0, 0.1) is 5.82 Å². The van der Waals surface area contributed by atoms with E-state index in [1.165, 1.54) is 48.8 Å². The number of aromatic nitrogens is 1. The summed E-state index contributed by atoms with van der Waals surface area (Å²) in [5.74, 6) is -0.879. The third-order valence-electron chi connectivity index (χ3n) is 2.40. The molecule has 100 valence electrons. The Bertz CT molecular complexity index is 652. The molecular formula is C14H10FN3O2. The van der Waals surface area contributed by atoms with Gasteiger partial charge in [-0.2, -0.15) is 5.11 Å². The first-order chi connectivity index (χ1) is 9.70. The largest absolute Gasteiger partial charge is 0.513 e. The lowest BCUT2D eigenvalue weighted by molar-refractivity contribution is 0.102. The third kappa shape index (κ3) is 3.32. The second-order valence-corrected chi connectivity index (χ2v) is 3.76. The number of halogens is 1. The Labute approximate surface area is 114 Å². The number of Topliss-reactive ketones (excluding diaryl/α,β-unsaturated/α-hetero) is 1. The quantitative estimate of drug-likeness (QED) is 0.399. The van der Waals surface area contributed by atoms with Crippen molar-refractivity contribution in [1.29, 1.82) is 0 Å². The fourth-order valence-electron chi connectivity index (χ4n) is 1.40. The molecule has 20 heavy (non-hydrogen) atoms. The van der Waals surface area contributed by atoms with Crippen molar-refractivity contribution >= 4 is 11.5 Å². The van der Waals surface area contributed by atoms with E-state index in [1.54, 1.807) is 0 Å². The van der Waals surface area contributed by atoms with Gasteiger partial charge in [0.1, 0.15) is 12.1 Å². The molecule has 1 aromatic heterocycles. The molecule has 0 fully saturated rings. The van der Waals surface area contributed by atoms with Crippen molar-refractivity contribution in [2.45, 2.75) is 0 Å². The van der Waals surface area contributed by atoms with E-state index < -0.39 is 11.6 Å². The average molecular weight is 271 g/mol. The molecule has 2 aromatic rings. The summed E-state index contributed by atoms with van der Waals surface area (Å²) in [6, 6.07) is 8.26. The van der Waals surface area contributed by atoms with Crippen LogP contribution in [0.15, 0.2) is 71.0 Å². The molecule has 0 amide bonds. The van der Waals surface area contributed by atoms with Gasteiger partial charge in [-0.1, -0.05) is 0 Å². The molecule has 1 aromatic carbocycles. The number of allylic oxidation sites excluding steroid dienone is 1. The van der Waals surface area contributed by atoms with Crippen LogP contribution in [-0.4, -0.2) is 15.9 Å². The molecule has 1 heterocycles. The average Bonchev–Trinajstić information content (AvgIpc) is 2.50. The van der Waals surface area contributed by atoms with Gasteiger partial charge in [0.15, 0.2) is 5.70 Å². The molecule has 5 nitrogen and oxygen atoms in total. The maximum Gasteiger partial charge on any atom is 0.216 e. The van der Waals surface area contributed by atoms with Gasteiger partial charge in [0.25, 0.3) is 0 Å². The number of benzene rings is 1. The summed E-state index contributed by atoms with van der Waals surface area (Å²) in [7, 11) is 0. The summed E-state index contributed by atoms with van der Waals surface area (Å²) in [4.78, 5) is 15.8. The minimum absolute atomic E-state index is 0.222. The Hall–Kier alpha value is -2.89. The first-order valence-corrected chi connectivity index (χ1v) is 5.67. The molecule has 0 atom stereocenters. The molecule has 0 aliphatic carbocycles. The lowest BCUT2D eigenvalue weighted by Crippen LogP contribution is -2.01. The first-order valence-electron chi connectivity index (χ1n) is 5.67. The maximum atomic E-state index is 12.7. The topological polar surface area (TPSA) is 74.9 Å². The zero-order chi connectivity index (χ0) is 14.4. The third-order valence-corrected chi connectivity index (χ3v) is 2.40. The molecule has 0 aliphatic rings. The summed E-state index contributed by atoms with van der Waals surface area (Å²) in [5, 5.41) is 16.5. The number of hydrogen-bond acceptors (Lipinski definition) is 5. The van der Waals surface area contributed by atoms with Crippen LogP contribution in [0.25, 0.3) is 0 Å². The number of azo groups is 1. The Morgan fingerprint density at radius 1 is 1.15 bits per heavy atom. The molecule has 0 radical (unpaired) electrons. The number of nitrogens with zero attached hydrogens (tertiary/aromatic N) is 3. The number of pyridine rings is 1. The molecular weight excluding hydrogens is 261 g/mol. The van der Waals surface area contributed by atoms with Gasteiger partial charge in [-0.15, -0.1) is 5.11 Å². The summed E-state index contributed by atoms with van der Waals surface area (Å²) in [5.41, 5.74) is 0.479. The lowest BCUT2D eigenvalue weighted by atomic mass is 10.1. The van der Waals surface area contributed by atoms with Crippen LogP contribution >= 0.6 is 0 Å². The number of carbonyl (C=O) groups excluding carboxylic acids is 1. The van der Waals surface area contributed by atoms with E-state index in [4.69, 9.17) is 5.11 Å². The molecule has 0 spiro atoms. The maximum absolute atomic E-state index is 12.7. The fourth-order valence-corrected chi connectivity index (χ4v) is 1.40. The van der Waals surface area contributed by atoms with E-state index in [0.29, 0.717) is 17.5 Å². The minimum Gasteiger partial charge on any atom is -0.513 e. The van der Waals surface area contributed by atoms with Crippen LogP contribution in [0.1, 0.15) is 10.4 Å². The molecule has 2 rings (SSSR count). The van der Waals surface area contributed by atoms with Gasteiger partial charge in [0.05, 0.1) is 5.69 Å². The highest BCUT2D eigenvalue weighted by Gasteiger charge is 2.11. The van der Waals surface area contributed by atoms with E-state index in [0.717, 1.165) is 0 Å². The van der Waals surface area contributed by atoms with Crippen molar-refractivity contribution in [3.8, 4) is 0 Å². The van der Waals surface area contributed by atoms with Crippen molar-refractivity contribution < 1.29 is 14.3 Å². The van der Waals surface area contributed by atoms with Crippen LogP contribution in [0.5, 0.6) is 0 Å². The second-order valence-electron chi connectivity index (χ2n) is 3.76. The molecule has 0 aliphatic heterocycles. The van der Waals surface area contributed by atoms with Crippen LogP contribution < -0.4 is 0 Å². The van der Waals surface area contributed by atoms with Gasteiger partial charge >= 0.3 is 0 Å². The van der Waals surface area contributed by atoms with Crippen LogP contribution in [-0.2, 0) is 0 Å². The van der Waals surface area contributed by atoms with Crippen molar-refractivity contribution in [3.63, 3.8) is 0 Å². The van der Waals surface area contributed by atoms with Gasteiger partial charge in [-0.25, -0.2) is 4.39 Å². The predicted molar refractivity (Wildman–Crippen MR) is 70.2 cm³/mol. The summed E-state index contributed by atoms with van der Waals surface area (Å²) < 4.78 is 12.7. The van der Waals surface area contributed by atoms with E-state index in [-0.39, 0.29) is 5.70 Å². The van der Waals surface area contributed by atoms with Crippen molar-refractivity contribution in [2.24, 2.45) is 10.2 Å². The van der Waals surface area contributed by atoms with Crippen molar-refractivity contribution in [1.82, 2.24) is 4.98 Å². The van der Waals surface area contributed by atoms with Gasteiger partial charge in [-0.3, -0.25) is 9.78 Å². The summed E-state index contributed by atoms with van der Waals surface area (Å²) in [6.07, 6.45) is 3.49. The van der Waals surface area contributed by atoms with E-state index >= 15 is 0 Å². The second kappa shape index (κ2) is 6.33. The van der Waals surface area contributed by atoms with Gasteiger partial charge in [-0.05, 0) is 36.4 Å². The smallest absolute Gasteiger partial charge is 0.216 e. The Kier molecular flexibility index (Phi) is 4.28. The highest BCUT2D eigenvalue weighted by Crippen LogP contribution is 2.16. The number of hydrogen-bond donors (Lipinski definition) is 1. The van der Waals surface area contributed by atoms with Crippen LogP contribution in [0.3, 0.4) is 0 Å². The molecule has 6 heteroatoms. The molecule has 0 unspecified atom stereocenters. The van der Waals surface area contributed by atoms with Gasteiger partial charge in [0.2, 0.25) is 5.78 Å². The molecule has 1 N–H and O–H groups in total. The summed E-state index contributed by atoms with van der Waals surface area (Å²) >= 11 is 0. The lowest BCUT2D eigenvalue weighted by Gasteiger charge is -1.98. The van der Waals surface area contributed by atoms with Crippen LogP contribution in [0.2, 0.25) is 0 Å². The van der Waals surface area contributed by atoms with Crippen molar-refractivity contribution in [2.75, 3.05) is 0 Å². The molecule has 0 bridgehead atoms. The predicted octanol–water partition coefficient (Wildman–Crippen LogP) is 3.59. The zero-order valence-corrected chi connectivity index (χ0v) is 10.3. The van der Waals surface area contributed by atoms with Gasteiger partial charge < -0.3 is 5.11 Å². The SMILES string of the molecule is O=C(/C(=C/O)N=Nc1ccc(F)cc1)c1ccncc1. The fraction of sp³-hybridized carbons (Fsp3) is 0. The highest BCUT2D eigenvalue weighted by atomic mass is 19.1. The number of aliphatic hydroxyl groups is 1. The van der Waals surface area contributed by atoms with E-state index in [9.17, 15) is 9.18 Å². The van der Waals surface area contributed by atoms with E-state index in [1.807, 2.05) is 0 Å². The standard InChI is InChI=1S/C14H10FN3O2/c15-11-1-3-12(4-2-11)17-18-13(9-19)14(20)10-5-7-16-8-6-10/h1-9,19H/b13-9-,18-17?. The zero-order valence-electron chi connectivity index (χ0n) is 10.3. The Balaban J connectivity index is 2.18. The highest BCUT2D eigenvalue weighted by molar-refractivity contribution is 6.08. The first kappa shape index (κ1) is 13.5. The summed E-state index contributed by atoms with van der Waals surface area (Å²) in [6.45, 7) is 0. The minimum atomic E-state index is -0.485. The van der Waals surface area contributed by atoms with Gasteiger partial charge in [0, 0.05) is 18.0 Å². The van der Waals surface area contributed by atoms with Crippen molar-refractivity contribution in [3.05, 3.63) is 72.1 Å². The number of aliphatic hydroxyl groups excluding tert-OH is 1. The Morgan fingerprint density at radius 3 is 2.40 bits per heavy atom. The molecule has 0 saturated heterocycles. The normalized spacial score (nSPS) is 11.8. The number of ketones is 1. The number of carbonyl (C=O) groups is 1.